The second-order valence-electron chi connectivity index (χ2n) is 3.35. The molecule has 0 saturated carbocycles. The average Bonchev–Trinajstić information content (AvgIpc) is 2.05. The fourth-order valence-corrected chi connectivity index (χ4v) is 1.37. The summed E-state index contributed by atoms with van der Waals surface area (Å²) >= 11 is 0. The predicted octanol–water partition coefficient (Wildman–Crippen LogP) is 3.07. The number of carboxylic acid groups (broad SMARTS) is 1. The zero-order valence-corrected chi connectivity index (χ0v) is 8.18. The van der Waals surface area contributed by atoms with Gasteiger partial charge in [-0.3, -0.25) is 4.79 Å². The van der Waals surface area contributed by atoms with E-state index in [1.54, 1.807) is 0 Å². The monoisotopic (exact) mass is 172 g/mol. The topological polar surface area (TPSA) is 37.3 Å². The summed E-state index contributed by atoms with van der Waals surface area (Å²) in [5.41, 5.74) is 0. The van der Waals surface area contributed by atoms with Gasteiger partial charge in [0, 0.05) is 6.42 Å². The number of hydrogen-bond donors (Lipinski definition) is 1. The second-order valence-corrected chi connectivity index (χ2v) is 3.35. The molecule has 0 amide bonds. The smallest absolute Gasteiger partial charge is 0.303 e. The molecule has 0 aliphatic carbocycles. The first kappa shape index (κ1) is 11.5. The Balaban J connectivity index is 3.45. The maximum atomic E-state index is 10.3. The Bertz CT molecular complexity index is 121. The van der Waals surface area contributed by atoms with Crippen LogP contribution in [0.25, 0.3) is 0 Å². The standard InChI is InChI=1S/C10H20O2/c1-3-5-6-9(4-2)7-8-10(11)12/h9H,3-8H2,1-2H3,(H,11,12)/t9-/m0/s1. The van der Waals surface area contributed by atoms with E-state index in [1.165, 1.54) is 19.3 Å². The Kier molecular flexibility index (Phi) is 6.82. The molecule has 0 aromatic rings. The van der Waals surface area contributed by atoms with Crippen molar-refractivity contribution in [1.29, 1.82) is 0 Å². The molecule has 72 valence electrons. The molecule has 0 aromatic heterocycles. The van der Waals surface area contributed by atoms with Crippen LogP contribution >= 0.6 is 0 Å². The number of unbranched alkanes of at least 4 members (excludes halogenated alkanes) is 1. The van der Waals surface area contributed by atoms with Gasteiger partial charge < -0.3 is 5.11 Å². The van der Waals surface area contributed by atoms with E-state index in [0.29, 0.717) is 12.3 Å². The molecule has 0 rings (SSSR count). The third kappa shape index (κ3) is 6.20. The van der Waals surface area contributed by atoms with Gasteiger partial charge in [-0.15, -0.1) is 0 Å². The number of hydrogen-bond acceptors (Lipinski definition) is 1. The molecule has 0 radical (unpaired) electrons. The molecule has 0 heterocycles. The molecule has 0 fully saturated rings. The van der Waals surface area contributed by atoms with Crippen molar-refractivity contribution < 1.29 is 9.90 Å². The van der Waals surface area contributed by atoms with Crippen molar-refractivity contribution in [3.63, 3.8) is 0 Å². The van der Waals surface area contributed by atoms with Crippen LogP contribution in [0.1, 0.15) is 52.4 Å². The molecular weight excluding hydrogens is 152 g/mol. The van der Waals surface area contributed by atoms with E-state index in [4.69, 9.17) is 5.11 Å². The predicted molar refractivity (Wildman–Crippen MR) is 50.2 cm³/mol. The van der Waals surface area contributed by atoms with E-state index in [2.05, 4.69) is 13.8 Å². The third-order valence-electron chi connectivity index (χ3n) is 2.31. The molecule has 1 atom stereocenters. The van der Waals surface area contributed by atoms with E-state index in [1.807, 2.05) is 0 Å². The van der Waals surface area contributed by atoms with Gasteiger partial charge in [0.1, 0.15) is 0 Å². The minimum absolute atomic E-state index is 0.336. The molecule has 0 aliphatic heterocycles. The lowest BCUT2D eigenvalue weighted by Gasteiger charge is -2.11. The van der Waals surface area contributed by atoms with Crippen LogP contribution in [0.3, 0.4) is 0 Å². The van der Waals surface area contributed by atoms with Crippen LogP contribution in [-0.2, 0) is 4.79 Å². The first-order chi connectivity index (χ1) is 5.70. The molecule has 0 saturated heterocycles. The lowest BCUT2D eigenvalue weighted by molar-refractivity contribution is -0.137. The Morgan fingerprint density at radius 3 is 2.42 bits per heavy atom. The molecule has 0 spiro atoms. The second kappa shape index (κ2) is 7.14. The summed E-state index contributed by atoms with van der Waals surface area (Å²) in [6.45, 7) is 4.31. The van der Waals surface area contributed by atoms with Crippen LogP contribution in [0.15, 0.2) is 0 Å². The highest BCUT2D eigenvalue weighted by Gasteiger charge is 2.07. The summed E-state index contributed by atoms with van der Waals surface area (Å²) in [5, 5.41) is 8.48. The third-order valence-corrected chi connectivity index (χ3v) is 2.31. The van der Waals surface area contributed by atoms with E-state index < -0.39 is 5.97 Å². The van der Waals surface area contributed by atoms with E-state index in [-0.39, 0.29) is 0 Å². The lowest BCUT2D eigenvalue weighted by Crippen LogP contribution is -2.03. The lowest BCUT2D eigenvalue weighted by atomic mass is 9.94. The fourth-order valence-electron chi connectivity index (χ4n) is 1.37. The van der Waals surface area contributed by atoms with E-state index in [0.717, 1.165) is 12.8 Å². The molecule has 0 bridgehead atoms. The minimum Gasteiger partial charge on any atom is -0.481 e. The highest BCUT2D eigenvalue weighted by Crippen LogP contribution is 2.17. The molecule has 0 aromatic carbocycles. The van der Waals surface area contributed by atoms with Crippen molar-refractivity contribution in [2.75, 3.05) is 0 Å². The van der Waals surface area contributed by atoms with Gasteiger partial charge in [0.05, 0.1) is 0 Å². The van der Waals surface area contributed by atoms with Gasteiger partial charge in [-0.1, -0.05) is 39.5 Å². The van der Waals surface area contributed by atoms with Crippen LogP contribution in [0.5, 0.6) is 0 Å². The number of carboxylic acids is 1. The number of carbonyl (C=O) groups is 1. The van der Waals surface area contributed by atoms with Crippen LogP contribution in [-0.4, -0.2) is 11.1 Å². The summed E-state index contributed by atoms with van der Waals surface area (Å²) in [6.07, 6.45) is 5.95. The van der Waals surface area contributed by atoms with Gasteiger partial charge in [0.25, 0.3) is 0 Å². The quantitative estimate of drug-likeness (QED) is 0.640. The first-order valence-electron chi connectivity index (χ1n) is 4.92. The Morgan fingerprint density at radius 2 is 2.00 bits per heavy atom. The Morgan fingerprint density at radius 1 is 1.33 bits per heavy atom. The summed E-state index contributed by atoms with van der Waals surface area (Å²) in [5.74, 6) is -0.0361. The molecule has 0 aliphatic rings. The summed E-state index contributed by atoms with van der Waals surface area (Å²) in [4.78, 5) is 10.3. The Labute approximate surface area is 75.0 Å². The van der Waals surface area contributed by atoms with Gasteiger partial charge >= 0.3 is 5.97 Å². The van der Waals surface area contributed by atoms with Crippen molar-refractivity contribution in [1.82, 2.24) is 0 Å². The van der Waals surface area contributed by atoms with Crippen LogP contribution in [0.2, 0.25) is 0 Å². The molecule has 2 heteroatoms. The van der Waals surface area contributed by atoms with Crippen LogP contribution in [0, 0.1) is 5.92 Å². The van der Waals surface area contributed by atoms with E-state index >= 15 is 0 Å². The fraction of sp³-hybridized carbons (Fsp3) is 0.900. The zero-order valence-electron chi connectivity index (χ0n) is 8.18. The van der Waals surface area contributed by atoms with Gasteiger partial charge in [0.15, 0.2) is 0 Å². The zero-order chi connectivity index (χ0) is 9.40. The van der Waals surface area contributed by atoms with Crippen molar-refractivity contribution in [2.45, 2.75) is 52.4 Å². The van der Waals surface area contributed by atoms with Crippen molar-refractivity contribution in [3.05, 3.63) is 0 Å². The number of rotatable bonds is 7. The number of aliphatic carboxylic acids is 1. The Hall–Kier alpha value is -0.530. The molecule has 2 nitrogen and oxygen atoms in total. The van der Waals surface area contributed by atoms with Crippen LogP contribution < -0.4 is 0 Å². The molecule has 1 N–H and O–H groups in total. The SMILES string of the molecule is CCCC[C@H](CC)CCC(=O)O. The summed E-state index contributed by atoms with van der Waals surface area (Å²) in [7, 11) is 0. The van der Waals surface area contributed by atoms with Crippen molar-refractivity contribution in [3.8, 4) is 0 Å². The van der Waals surface area contributed by atoms with Gasteiger partial charge in [-0.25, -0.2) is 0 Å². The normalized spacial score (nSPS) is 12.8. The summed E-state index contributed by atoms with van der Waals surface area (Å²) in [6, 6.07) is 0. The van der Waals surface area contributed by atoms with Gasteiger partial charge in [-0.05, 0) is 12.3 Å². The van der Waals surface area contributed by atoms with E-state index in [9.17, 15) is 4.79 Å². The molecule has 0 unspecified atom stereocenters. The molecule has 12 heavy (non-hydrogen) atoms. The summed E-state index contributed by atoms with van der Waals surface area (Å²) < 4.78 is 0. The first-order valence-corrected chi connectivity index (χ1v) is 4.92. The van der Waals surface area contributed by atoms with Crippen molar-refractivity contribution in [2.24, 2.45) is 5.92 Å². The minimum atomic E-state index is -0.662. The average molecular weight is 172 g/mol. The van der Waals surface area contributed by atoms with Crippen LogP contribution in [0.4, 0.5) is 0 Å². The highest BCUT2D eigenvalue weighted by molar-refractivity contribution is 5.66. The van der Waals surface area contributed by atoms with Gasteiger partial charge in [0.2, 0.25) is 0 Å². The van der Waals surface area contributed by atoms with Crippen molar-refractivity contribution >= 4 is 5.97 Å². The maximum absolute atomic E-state index is 10.3. The largest absolute Gasteiger partial charge is 0.481 e. The van der Waals surface area contributed by atoms with Gasteiger partial charge in [-0.2, -0.15) is 0 Å². The highest BCUT2D eigenvalue weighted by atomic mass is 16.4. The molecular formula is C10H20O2. The maximum Gasteiger partial charge on any atom is 0.303 e.